The van der Waals surface area contributed by atoms with Crippen molar-refractivity contribution >= 4 is 53.5 Å². The minimum Gasteiger partial charge on any atom is -0.512 e. The molecule has 0 bridgehead atoms. The molecule has 6 heteroatoms. The molecule has 0 aliphatic carbocycles. The molecule has 0 amide bonds. The third-order valence-electron chi connectivity index (χ3n) is 10.1. The first-order valence-corrected chi connectivity index (χ1v) is 22.0. The van der Waals surface area contributed by atoms with Crippen molar-refractivity contribution in [3.63, 3.8) is 0 Å². The summed E-state index contributed by atoms with van der Waals surface area (Å²) in [5.74, 6) is 0.547. The van der Waals surface area contributed by atoms with Crippen LogP contribution in [0.1, 0.15) is 53.4 Å². The molecule has 0 fully saturated rings. The van der Waals surface area contributed by atoms with E-state index in [-0.39, 0.29) is 43.5 Å². The van der Waals surface area contributed by atoms with Crippen LogP contribution in [-0.2, 0) is 24.9 Å². The van der Waals surface area contributed by atoms with Gasteiger partial charge in [-0.3, -0.25) is 4.79 Å². The zero-order chi connectivity index (χ0) is 31.1. The molecule has 44 heavy (non-hydrogen) atoms. The fourth-order valence-corrected chi connectivity index (χ4v) is 13.9. The van der Waals surface area contributed by atoms with Crippen molar-refractivity contribution in [3.8, 4) is 22.4 Å². The number of aromatic nitrogens is 1. The van der Waals surface area contributed by atoms with Crippen LogP contribution in [-0.4, -0.2) is 32.0 Å². The monoisotopic (exact) mass is 797 g/mol. The number of ketones is 1. The molecule has 3 aromatic carbocycles. The Hall–Kier alpha value is -2.64. The number of aliphatic hydroxyl groups excluding tert-OH is 1. The second kappa shape index (κ2) is 13.4. The number of rotatable bonds is 7. The number of benzene rings is 3. The van der Waals surface area contributed by atoms with E-state index in [9.17, 15) is 9.90 Å². The molecule has 0 saturated carbocycles. The van der Waals surface area contributed by atoms with Gasteiger partial charge in [0.2, 0.25) is 0 Å². The average molecular weight is 797 g/mol. The zero-order valence-corrected chi connectivity index (χ0v) is 31.9. The van der Waals surface area contributed by atoms with Gasteiger partial charge in [0.05, 0.1) is 13.8 Å². The maximum absolute atomic E-state index is 11.7. The van der Waals surface area contributed by atoms with Crippen LogP contribution in [0.4, 0.5) is 0 Å². The molecule has 4 aromatic rings. The zero-order valence-electron chi connectivity index (χ0n) is 27.5. The Balaban J connectivity index is 0.000000239. The Morgan fingerprint density at radius 3 is 2.05 bits per heavy atom. The fourth-order valence-electron chi connectivity index (χ4n) is 7.39. The Morgan fingerprint density at radius 1 is 0.818 bits per heavy atom. The number of pyridine rings is 1. The molecule has 2 aliphatic rings. The Morgan fingerprint density at radius 2 is 1.41 bits per heavy atom. The molecule has 233 valence electrons. The van der Waals surface area contributed by atoms with Crippen molar-refractivity contribution in [2.24, 2.45) is 11.8 Å². The summed E-state index contributed by atoms with van der Waals surface area (Å²) in [4.78, 5) is 16.7. The SMILES string of the molecule is CCC(CC)C(=O)/C=C(\O)C(CC)CC.C[Si]1(C)c2cccc3c2-c2c1ccnc2-c1[c-]cc2ccccc2c1[Si]3(C)C.[Ir]. The maximum atomic E-state index is 11.7. The predicted octanol–water partition coefficient (Wildman–Crippen LogP) is 7.51. The summed E-state index contributed by atoms with van der Waals surface area (Å²) in [6.45, 7) is 18.1. The largest absolute Gasteiger partial charge is 0.512 e. The molecule has 3 heterocycles. The van der Waals surface area contributed by atoms with E-state index in [0.717, 1.165) is 31.4 Å². The average Bonchev–Trinajstić information content (AvgIpc) is 3.19. The smallest absolute Gasteiger partial charge is 0.162 e. The van der Waals surface area contributed by atoms with Gasteiger partial charge in [0.25, 0.3) is 0 Å². The van der Waals surface area contributed by atoms with Crippen LogP contribution < -0.4 is 20.7 Å². The van der Waals surface area contributed by atoms with Crippen LogP contribution in [0.5, 0.6) is 0 Å². The van der Waals surface area contributed by atoms with Crippen LogP contribution in [0.15, 0.2) is 72.6 Å². The van der Waals surface area contributed by atoms with E-state index in [0.29, 0.717) is 0 Å². The number of hydrogen-bond acceptors (Lipinski definition) is 3. The Labute approximate surface area is 279 Å². The second-order valence-corrected chi connectivity index (χ2v) is 21.8. The van der Waals surface area contributed by atoms with Gasteiger partial charge >= 0.3 is 0 Å². The van der Waals surface area contributed by atoms with Gasteiger partial charge in [0, 0.05) is 44.2 Å². The van der Waals surface area contributed by atoms with Crippen LogP contribution >= 0.6 is 0 Å². The summed E-state index contributed by atoms with van der Waals surface area (Å²) < 4.78 is 0. The standard InChI is InChI=1S/C25H22NSi2.C13H24O2.Ir/c1-27(2)19-10-7-11-20-22(19)23-21(27)14-15-26-24(23)18-13-12-16-8-5-6-9-17(16)25(18)28(20,3)4;1-5-10(6-2)12(14)9-13(15)11(7-3)8-4;/h5-12,14-15H,1-4H3;9-11,14H,5-8H2,1-4H3;/q-1;;/b;12-9-;. The molecule has 1 radical (unpaired) electrons. The Bertz CT molecular complexity index is 1720. The van der Waals surface area contributed by atoms with Crippen LogP contribution in [0, 0.1) is 17.9 Å². The number of hydrogen-bond donors (Lipinski definition) is 1. The topological polar surface area (TPSA) is 50.2 Å². The van der Waals surface area contributed by atoms with Gasteiger partial charge in [0.15, 0.2) is 5.78 Å². The molecule has 0 saturated heterocycles. The number of nitrogens with zero attached hydrogens (tertiary/aromatic N) is 1. The number of allylic oxidation sites excluding steroid dienone is 2. The number of aliphatic hydroxyl groups is 1. The summed E-state index contributed by atoms with van der Waals surface area (Å²) in [5, 5.41) is 18.6. The first-order valence-electron chi connectivity index (χ1n) is 16.0. The summed E-state index contributed by atoms with van der Waals surface area (Å²) in [6, 6.07) is 24.0. The molecule has 1 aromatic heterocycles. The van der Waals surface area contributed by atoms with Crippen molar-refractivity contribution in [2.75, 3.05) is 0 Å². The predicted molar refractivity (Wildman–Crippen MR) is 189 cm³/mol. The third-order valence-corrected chi connectivity index (χ3v) is 17.1. The first kappa shape index (κ1) is 34.2. The van der Waals surface area contributed by atoms with Gasteiger partial charge in [-0.15, -0.1) is 22.9 Å². The molecular formula is C38H46IrNO2Si2-. The van der Waals surface area contributed by atoms with Gasteiger partial charge in [-0.1, -0.05) is 117 Å². The summed E-state index contributed by atoms with van der Waals surface area (Å²) in [6.07, 6.45) is 6.94. The number of carbonyl (C=O) groups excluding carboxylic acids is 1. The van der Waals surface area contributed by atoms with Gasteiger partial charge in [-0.2, -0.15) is 0 Å². The van der Waals surface area contributed by atoms with Gasteiger partial charge in [-0.25, -0.2) is 0 Å². The number of carbonyl (C=O) groups is 1. The van der Waals surface area contributed by atoms with E-state index < -0.39 is 16.1 Å². The minimum atomic E-state index is -1.95. The normalized spacial score (nSPS) is 15.2. The molecule has 0 spiro atoms. The van der Waals surface area contributed by atoms with E-state index in [1.54, 1.807) is 15.6 Å². The van der Waals surface area contributed by atoms with Crippen LogP contribution in [0.2, 0.25) is 26.2 Å². The molecule has 0 atom stereocenters. The van der Waals surface area contributed by atoms with Crippen molar-refractivity contribution in [3.05, 3.63) is 78.7 Å². The quantitative estimate of drug-likeness (QED) is 0.0913. The Kier molecular flexibility index (Phi) is 10.4. The molecule has 6 rings (SSSR count). The van der Waals surface area contributed by atoms with E-state index in [1.807, 2.05) is 33.9 Å². The van der Waals surface area contributed by atoms with Crippen LogP contribution in [0.3, 0.4) is 0 Å². The van der Waals surface area contributed by atoms with Crippen molar-refractivity contribution < 1.29 is 30.0 Å². The molecule has 3 nitrogen and oxygen atoms in total. The van der Waals surface area contributed by atoms with Crippen molar-refractivity contribution in [2.45, 2.75) is 79.6 Å². The fraction of sp³-hybridized carbons (Fsp3) is 0.368. The van der Waals surface area contributed by atoms with Crippen molar-refractivity contribution in [1.29, 1.82) is 0 Å². The molecule has 1 N–H and O–H groups in total. The van der Waals surface area contributed by atoms with Crippen molar-refractivity contribution in [1.82, 2.24) is 4.98 Å². The summed E-state index contributed by atoms with van der Waals surface area (Å²) in [7, 11) is -3.65. The van der Waals surface area contributed by atoms with E-state index in [1.165, 1.54) is 38.7 Å². The van der Waals surface area contributed by atoms with E-state index in [4.69, 9.17) is 4.98 Å². The molecular weight excluding hydrogens is 751 g/mol. The van der Waals surface area contributed by atoms with Gasteiger partial charge in [-0.05, 0) is 53.8 Å². The van der Waals surface area contributed by atoms with Gasteiger partial charge < -0.3 is 10.1 Å². The van der Waals surface area contributed by atoms with E-state index >= 15 is 0 Å². The van der Waals surface area contributed by atoms with Crippen LogP contribution in [0.25, 0.3) is 33.2 Å². The third kappa shape index (κ3) is 5.64. The van der Waals surface area contributed by atoms with E-state index in [2.05, 4.69) is 86.9 Å². The minimum absolute atomic E-state index is 0. The molecule has 2 aliphatic heterocycles. The second-order valence-electron chi connectivity index (χ2n) is 13.2. The van der Waals surface area contributed by atoms with Gasteiger partial charge in [0.1, 0.15) is 8.07 Å². The summed E-state index contributed by atoms with van der Waals surface area (Å²) in [5.41, 5.74) is 5.32. The first-order chi connectivity index (χ1) is 20.5. The maximum Gasteiger partial charge on any atom is 0.162 e. The number of fused-ring (bicyclic) bond motifs is 4. The summed E-state index contributed by atoms with van der Waals surface area (Å²) >= 11 is 0. The molecule has 0 unspecified atom stereocenters.